The van der Waals surface area contributed by atoms with Gasteiger partial charge in [-0.2, -0.15) is 0 Å². The van der Waals surface area contributed by atoms with E-state index in [9.17, 15) is 4.79 Å². The zero-order chi connectivity index (χ0) is 20.2. The number of benzene rings is 1. The number of aromatic amines is 1. The molecule has 1 aliphatic carbocycles. The van der Waals surface area contributed by atoms with E-state index >= 15 is 0 Å². The van der Waals surface area contributed by atoms with E-state index in [1.54, 1.807) is 23.6 Å². The molecule has 4 aromatic heterocycles. The number of H-pyrrole nitrogens is 1. The molecule has 0 atom stereocenters. The number of nitrogens with zero attached hydrogens (tertiary/aromatic N) is 4. The molecular weight excluding hydrogens is 394 g/mol. The predicted octanol–water partition coefficient (Wildman–Crippen LogP) is 4.84. The van der Waals surface area contributed by atoms with Crippen LogP contribution in [0.5, 0.6) is 0 Å². The minimum absolute atomic E-state index is 0.0890. The highest BCUT2D eigenvalue weighted by Gasteiger charge is 2.26. The molecule has 4 heterocycles. The Kier molecular flexibility index (Phi) is 3.79. The minimum Gasteiger partial charge on any atom is -0.341 e. The van der Waals surface area contributed by atoms with Crippen LogP contribution in [-0.2, 0) is 0 Å². The van der Waals surface area contributed by atoms with Crippen LogP contribution in [0.15, 0.2) is 53.6 Å². The first-order chi connectivity index (χ1) is 14.7. The highest BCUT2D eigenvalue weighted by Crippen LogP contribution is 2.39. The Bertz CT molecular complexity index is 1500. The number of aromatic nitrogens is 5. The standard InChI is InChI=1S/C23H17N5OS/c1-12-25-11-19(30-12)22-20(15-6-7-16-14(9-15)3-2-8-24-16)27-21-18(29)10-17(13-4-5-13)26-23(21)28-22/h2-3,6-11,13H,4-5H2,1H3,(H,26,28,29). The van der Waals surface area contributed by atoms with Gasteiger partial charge in [0.2, 0.25) is 5.43 Å². The summed E-state index contributed by atoms with van der Waals surface area (Å²) >= 11 is 1.57. The summed E-state index contributed by atoms with van der Waals surface area (Å²) < 4.78 is 0. The molecule has 6 rings (SSSR count). The summed E-state index contributed by atoms with van der Waals surface area (Å²) in [6, 6.07) is 11.6. The zero-order valence-corrected chi connectivity index (χ0v) is 17.0. The van der Waals surface area contributed by atoms with Crippen molar-refractivity contribution in [1.29, 1.82) is 0 Å². The van der Waals surface area contributed by atoms with E-state index in [1.165, 1.54) is 0 Å². The second kappa shape index (κ2) is 6.53. The molecule has 6 nitrogen and oxygen atoms in total. The number of thiazole rings is 1. The van der Waals surface area contributed by atoms with E-state index in [2.05, 4.69) is 15.0 Å². The first-order valence-electron chi connectivity index (χ1n) is 9.88. The number of hydrogen-bond acceptors (Lipinski definition) is 6. The van der Waals surface area contributed by atoms with E-state index in [1.807, 2.05) is 43.5 Å². The fraction of sp³-hybridized carbons (Fsp3) is 0.174. The first kappa shape index (κ1) is 17.4. The van der Waals surface area contributed by atoms with Gasteiger partial charge in [-0.25, -0.2) is 15.0 Å². The third-order valence-corrected chi connectivity index (χ3v) is 6.35. The lowest BCUT2D eigenvalue weighted by atomic mass is 10.1. The Balaban J connectivity index is 1.64. The Hall–Kier alpha value is -3.45. The van der Waals surface area contributed by atoms with E-state index in [0.717, 1.165) is 50.6 Å². The number of nitrogens with one attached hydrogen (secondary N) is 1. The van der Waals surface area contributed by atoms with Gasteiger partial charge in [0, 0.05) is 35.1 Å². The van der Waals surface area contributed by atoms with Gasteiger partial charge in [0.15, 0.2) is 11.2 Å². The second-order valence-corrected chi connectivity index (χ2v) is 8.87. The maximum atomic E-state index is 12.8. The Labute approximate surface area is 175 Å². The van der Waals surface area contributed by atoms with Gasteiger partial charge in [0.05, 0.1) is 21.1 Å². The molecule has 1 saturated carbocycles. The molecule has 0 radical (unpaired) electrons. The lowest BCUT2D eigenvalue weighted by molar-refractivity contribution is 1.02. The van der Waals surface area contributed by atoms with Crippen LogP contribution < -0.4 is 5.43 Å². The van der Waals surface area contributed by atoms with Gasteiger partial charge in [-0.3, -0.25) is 9.78 Å². The van der Waals surface area contributed by atoms with Crippen molar-refractivity contribution in [2.75, 3.05) is 0 Å². The van der Waals surface area contributed by atoms with E-state index in [0.29, 0.717) is 22.8 Å². The van der Waals surface area contributed by atoms with Crippen molar-refractivity contribution in [1.82, 2.24) is 24.9 Å². The average Bonchev–Trinajstić information content (AvgIpc) is 3.53. The summed E-state index contributed by atoms with van der Waals surface area (Å²) in [5.74, 6) is 0.436. The molecule has 146 valence electrons. The lowest BCUT2D eigenvalue weighted by Crippen LogP contribution is -2.09. The predicted molar refractivity (Wildman–Crippen MR) is 119 cm³/mol. The normalized spacial score (nSPS) is 13.9. The molecule has 0 saturated heterocycles. The number of aryl methyl sites for hydroxylation is 1. The molecular formula is C23H17N5OS. The second-order valence-electron chi connectivity index (χ2n) is 7.64. The van der Waals surface area contributed by atoms with Crippen molar-refractivity contribution >= 4 is 33.4 Å². The zero-order valence-electron chi connectivity index (χ0n) is 16.2. The molecule has 30 heavy (non-hydrogen) atoms. The monoisotopic (exact) mass is 411 g/mol. The maximum absolute atomic E-state index is 12.8. The highest BCUT2D eigenvalue weighted by atomic mass is 32.1. The van der Waals surface area contributed by atoms with Crippen molar-refractivity contribution < 1.29 is 0 Å². The smallest absolute Gasteiger partial charge is 0.209 e. The molecule has 0 aliphatic heterocycles. The van der Waals surface area contributed by atoms with Crippen molar-refractivity contribution in [2.24, 2.45) is 0 Å². The first-order valence-corrected chi connectivity index (χ1v) is 10.7. The fourth-order valence-electron chi connectivity index (χ4n) is 3.76. The number of rotatable bonds is 3. The van der Waals surface area contributed by atoms with Crippen LogP contribution in [0.2, 0.25) is 0 Å². The van der Waals surface area contributed by atoms with Crippen LogP contribution in [0.4, 0.5) is 0 Å². The van der Waals surface area contributed by atoms with E-state index in [4.69, 9.17) is 9.97 Å². The topological polar surface area (TPSA) is 84.4 Å². The summed E-state index contributed by atoms with van der Waals surface area (Å²) in [5, 5.41) is 1.97. The van der Waals surface area contributed by atoms with Crippen molar-refractivity contribution in [3.8, 4) is 21.8 Å². The SMILES string of the molecule is Cc1ncc(-c2nc3[nH]c(C4CC4)cc(=O)c3nc2-c2ccc3ncccc3c2)s1. The van der Waals surface area contributed by atoms with Crippen molar-refractivity contribution in [2.45, 2.75) is 25.7 Å². The molecule has 0 unspecified atom stereocenters. The third-order valence-electron chi connectivity index (χ3n) is 5.43. The summed E-state index contributed by atoms with van der Waals surface area (Å²) in [6.07, 6.45) is 5.82. The van der Waals surface area contributed by atoms with Gasteiger partial charge >= 0.3 is 0 Å². The summed E-state index contributed by atoms with van der Waals surface area (Å²) in [5.41, 5.74) is 5.00. The number of fused-ring (bicyclic) bond motifs is 2. The quantitative estimate of drug-likeness (QED) is 0.459. The minimum atomic E-state index is -0.0890. The van der Waals surface area contributed by atoms with Gasteiger partial charge < -0.3 is 4.98 Å². The molecule has 5 aromatic rings. The van der Waals surface area contributed by atoms with Gasteiger partial charge in [0.1, 0.15) is 5.69 Å². The van der Waals surface area contributed by atoms with Crippen LogP contribution >= 0.6 is 11.3 Å². The summed E-state index contributed by atoms with van der Waals surface area (Å²) in [4.78, 5) is 35.6. The molecule has 1 aromatic carbocycles. The van der Waals surface area contributed by atoms with E-state index in [-0.39, 0.29) is 5.43 Å². The van der Waals surface area contributed by atoms with Crippen LogP contribution in [0.25, 0.3) is 43.9 Å². The van der Waals surface area contributed by atoms with Crippen LogP contribution in [0.3, 0.4) is 0 Å². The Morgan fingerprint density at radius 2 is 1.97 bits per heavy atom. The fourth-order valence-corrected chi connectivity index (χ4v) is 4.53. The van der Waals surface area contributed by atoms with Gasteiger partial charge in [-0.1, -0.05) is 12.1 Å². The largest absolute Gasteiger partial charge is 0.341 e. The Morgan fingerprint density at radius 3 is 2.77 bits per heavy atom. The van der Waals surface area contributed by atoms with Crippen LogP contribution in [-0.4, -0.2) is 24.9 Å². The van der Waals surface area contributed by atoms with Gasteiger partial charge in [-0.05, 0) is 43.9 Å². The molecule has 1 N–H and O–H groups in total. The summed E-state index contributed by atoms with van der Waals surface area (Å²) in [7, 11) is 0. The van der Waals surface area contributed by atoms with Gasteiger partial charge in [0.25, 0.3) is 0 Å². The van der Waals surface area contributed by atoms with Crippen LogP contribution in [0, 0.1) is 6.92 Å². The van der Waals surface area contributed by atoms with Crippen molar-refractivity contribution in [3.05, 3.63) is 69.7 Å². The molecule has 0 bridgehead atoms. The van der Waals surface area contributed by atoms with Crippen LogP contribution in [0.1, 0.15) is 29.5 Å². The lowest BCUT2D eigenvalue weighted by Gasteiger charge is -2.10. The van der Waals surface area contributed by atoms with Gasteiger partial charge in [-0.15, -0.1) is 11.3 Å². The molecule has 7 heteroatoms. The molecule has 1 fully saturated rings. The van der Waals surface area contributed by atoms with Crippen molar-refractivity contribution in [3.63, 3.8) is 0 Å². The molecule has 0 spiro atoms. The number of pyridine rings is 2. The Morgan fingerprint density at radius 1 is 1.07 bits per heavy atom. The molecule has 1 aliphatic rings. The summed E-state index contributed by atoms with van der Waals surface area (Å²) in [6.45, 7) is 1.97. The highest BCUT2D eigenvalue weighted by molar-refractivity contribution is 7.15. The number of hydrogen-bond donors (Lipinski definition) is 1. The average molecular weight is 411 g/mol. The third kappa shape index (κ3) is 2.90. The maximum Gasteiger partial charge on any atom is 0.209 e. The molecule has 0 amide bonds. The van der Waals surface area contributed by atoms with E-state index < -0.39 is 0 Å².